The average Bonchev–Trinajstić information content (AvgIpc) is 3.22. The predicted octanol–water partition coefficient (Wildman–Crippen LogP) is 3.45. The van der Waals surface area contributed by atoms with Crippen molar-refractivity contribution in [3.63, 3.8) is 0 Å². The molecule has 0 unspecified atom stereocenters. The van der Waals surface area contributed by atoms with Gasteiger partial charge in [0.1, 0.15) is 34.4 Å². The topological polar surface area (TPSA) is 101 Å². The third kappa shape index (κ3) is 3.86. The van der Waals surface area contributed by atoms with Crippen LogP contribution in [0.5, 0.6) is 11.5 Å². The van der Waals surface area contributed by atoms with E-state index in [4.69, 9.17) is 4.74 Å². The maximum absolute atomic E-state index is 14.1. The van der Waals surface area contributed by atoms with E-state index in [2.05, 4.69) is 5.32 Å². The highest BCUT2D eigenvalue weighted by Crippen LogP contribution is 2.48. The quantitative estimate of drug-likeness (QED) is 0.531. The molecule has 8 nitrogen and oxygen atoms in total. The zero-order valence-electron chi connectivity index (χ0n) is 20.8. The molecule has 202 valence electrons. The molecule has 1 saturated heterocycles. The molecular weight excluding hydrogens is 515 g/mol. The first kappa shape index (κ1) is 25.0. The van der Waals surface area contributed by atoms with E-state index in [1.807, 2.05) is 31.2 Å². The molecule has 6 rings (SSSR count). The van der Waals surface area contributed by atoms with Crippen molar-refractivity contribution in [2.75, 3.05) is 6.54 Å². The fourth-order valence-corrected chi connectivity index (χ4v) is 5.96. The molecule has 2 bridgehead atoms. The molecule has 4 heterocycles. The van der Waals surface area contributed by atoms with Gasteiger partial charge >= 0.3 is 0 Å². The van der Waals surface area contributed by atoms with E-state index in [1.165, 1.54) is 10.8 Å². The SMILES string of the molecule is C[C@H]1CC[C@@]2(Cc3ccccc3O2)[C@H]2CN1C(=O)c1c(O)c(=O)c(C(=O)NCc3c(F)cc(F)cc3F)cn12. The first-order valence-corrected chi connectivity index (χ1v) is 12.6. The van der Waals surface area contributed by atoms with Gasteiger partial charge in [0, 0.05) is 49.4 Å². The Labute approximate surface area is 220 Å². The number of pyridine rings is 1. The number of halogens is 3. The number of para-hydroxylation sites is 1. The number of hydrogen-bond acceptors (Lipinski definition) is 5. The molecule has 2 N–H and O–H groups in total. The van der Waals surface area contributed by atoms with Crippen LogP contribution in [0.2, 0.25) is 0 Å². The molecule has 11 heteroatoms. The van der Waals surface area contributed by atoms with Crippen LogP contribution in [0.1, 0.15) is 57.8 Å². The van der Waals surface area contributed by atoms with Crippen molar-refractivity contribution in [3.05, 3.63) is 92.7 Å². The van der Waals surface area contributed by atoms with Gasteiger partial charge in [0.15, 0.2) is 11.4 Å². The molecule has 0 aliphatic carbocycles. The van der Waals surface area contributed by atoms with Crippen LogP contribution < -0.4 is 15.5 Å². The van der Waals surface area contributed by atoms with Crippen LogP contribution in [0, 0.1) is 17.5 Å². The molecule has 1 aromatic heterocycles. The van der Waals surface area contributed by atoms with Gasteiger partial charge in [0.05, 0.1) is 6.04 Å². The van der Waals surface area contributed by atoms with Crippen LogP contribution in [0.3, 0.4) is 0 Å². The smallest absolute Gasteiger partial charge is 0.274 e. The number of nitrogens with zero attached hydrogens (tertiary/aromatic N) is 2. The van der Waals surface area contributed by atoms with Crippen molar-refractivity contribution in [3.8, 4) is 11.5 Å². The van der Waals surface area contributed by atoms with Crippen molar-refractivity contribution in [1.29, 1.82) is 0 Å². The molecule has 3 aliphatic rings. The fraction of sp³-hybridized carbons (Fsp3) is 0.321. The average molecular weight is 540 g/mol. The number of aromatic nitrogens is 1. The summed E-state index contributed by atoms with van der Waals surface area (Å²) < 4.78 is 49.4. The lowest BCUT2D eigenvalue weighted by atomic mass is 9.84. The summed E-state index contributed by atoms with van der Waals surface area (Å²) in [6.07, 6.45) is 2.93. The number of hydrogen-bond donors (Lipinski definition) is 2. The lowest BCUT2D eigenvalue weighted by Gasteiger charge is -2.42. The number of nitrogens with one attached hydrogen (secondary N) is 1. The predicted molar refractivity (Wildman–Crippen MR) is 132 cm³/mol. The van der Waals surface area contributed by atoms with Crippen LogP contribution in [-0.2, 0) is 13.0 Å². The van der Waals surface area contributed by atoms with E-state index in [0.29, 0.717) is 37.1 Å². The van der Waals surface area contributed by atoms with Gasteiger partial charge in [-0.05, 0) is 31.4 Å². The van der Waals surface area contributed by atoms with Gasteiger partial charge in [-0.3, -0.25) is 14.4 Å². The summed E-state index contributed by atoms with van der Waals surface area (Å²) in [7, 11) is 0. The number of carbonyl (C=O) groups is 2. The number of aromatic hydroxyl groups is 1. The standard InChI is InChI=1S/C28H24F3N3O5/c1-14-6-7-28(10-15-4-2-3-5-21(15)39-28)22-13-33(14)27(38)23-25(36)24(35)18(12-34(22)23)26(37)32-11-17-19(30)8-16(29)9-20(17)31/h2-5,8-9,12,14,22,36H,6-7,10-11,13H2,1H3,(H,32,37)/t14-,22+,28+/m0/s1. The normalized spacial score (nSPS) is 23.2. The summed E-state index contributed by atoms with van der Waals surface area (Å²) in [5.74, 6) is -5.24. The Kier molecular flexibility index (Phi) is 5.70. The molecule has 2 aromatic carbocycles. The maximum Gasteiger partial charge on any atom is 0.274 e. The van der Waals surface area contributed by atoms with Crippen molar-refractivity contribution < 1.29 is 32.6 Å². The number of carbonyl (C=O) groups excluding carboxylic acids is 2. The lowest BCUT2D eigenvalue weighted by Crippen LogP contribution is -2.53. The van der Waals surface area contributed by atoms with Gasteiger partial charge in [-0.15, -0.1) is 0 Å². The Morgan fingerprint density at radius 1 is 1.18 bits per heavy atom. The summed E-state index contributed by atoms with van der Waals surface area (Å²) in [6.45, 7) is 1.46. The van der Waals surface area contributed by atoms with E-state index in [-0.39, 0.29) is 18.3 Å². The second-order valence-corrected chi connectivity index (χ2v) is 10.3. The second kappa shape index (κ2) is 8.89. The zero-order chi connectivity index (χ0) is 27.6. The minimum atomic E-state index is -1.20. The highest BCUT2D eigenvalue weighted by atomic mass is 19.1. The summed E-state index contributed by atoms with van der Waals surface area (Å²) in [4.78, 5) is 41.2. The molecule has 1 fully saturated rings. The van der Waals surface area contributed by atoms with Crippen LogP contribution in [0.4, 0.5) is 13.2 Å². The van der Waals surface area contributed by atoms with Gasteiger partial charge in [0.2, 0.25) is 5.43 Å². The van der Waals surface area contributed by atoms with Crippen LogP contribution >= 0.6 is 0 Å². The van der Waals surface area contributed by atoms with Crippen LogP contribution in [0.15, 0.2) is 47.4 Å². The first-order valence-electron chi connectivity index (χ1n) is 12.6. The van der Waals surface area contributed by atoms with Gasteiger partial charge in [-0.2, -0.15) is 0 Å². The summed E-state index contributed by atoms with van der Waals surface area (Å²) in [6, 6.07) is 7.82. The number of rotatable bonds is 3. The minimum absolute atomic E-state index is 0.182. The first-order chi connectivity index (χ1) is 18.6. The van der Waals surface area contributed by atoms with Gasteiger partial charge in [0.25, 0.3) is 11.8 Å². The largest absolute Gasteiger partial charge is 0.503 e. The summed E-state index contributed by atoms with van der Waals surface area (Å²) in [5, 5.41) is 13.2. The van der Waals surface area contributed by atoms with E-state index < -0.39 is 69.8 Å². The number of benzene rings is 2. The maximum atomic E-state index is 14.1. The van der Waals surface area contributed by atoms with Crippen LogP contribution in [-0.4, -0.2) is 44.6 Å². The van der Waals surface area contributed by atoms with Gasteiger partial charge in [-0.25, -0.2) is 13.2 Å². The highest BCUT2D eigenvalue weighted by molar-refractivity contribution is 5.99. The number of ether oxygens (including phenoxy) is 1. The van der Waals surface area contributed by atoms with Crippen molar-refractivity contribution in [2.24, 2.45) is 0 Å². The Balaban J connectivity index is 1.41. The number of amides is 2. The lowest BCUT2D eigenvalue weighted by molar-refractivity contribution is 0.0148. The molecule has 0 radical (unpaired) electrons. The summed E-state index contributed by atoms with van der Waals surface area (Å²) in [5.41, 5.74) is -2.25. The van der Waals surface area contributed by atoms with E-state index >= 15 is 0 Å². The van der Waals surface area contributed by atoms with E-state index in [1.54, 1.807) is 4.90 Å². The Bertz CT molecular complexity index is 1560. The third-order valence-electron chi connectivity index (χ3n) is 8.06. The molecule has 1 spiro atoms. The van der Waals surface area contributed by atoms with Gasteiger partial charge < -0.3 is 24.6 Å². The fourth-order valence-electron chi connectivity index (χ4n) is 5.96. The zero-order valence-corrected chi connectivity index (χ0v) is 20.8. The third-order valence-corrected chi connectivity index (χ3v) is 8.06. The highest BCUT2D eigenvalue weighted by Gasteiger charge is 2.53. The van der Waals surface area contributed by atoms with Crippen molar-refractivity contribution in [2.45, 2.75) is 50.4 Å². The molecule has 2 amide bonds. The van der Waals surface area contributed by atoms with Crippen molar-refractivity contribution in [1.82, 2.24) is 14.8 Å². The summed E-state index contributed by atoms with van der Waals surface area (Å²) >= 11 is 0. The molecule has 3 aromatic rings. The Morgan fingerprint density at radius 3 is 2.62 bits per heavy atom. The second-order valence-electron chi connectivity index (χ2n) is 10.3. The number of fused-ring (bicyclic) bond motifs is 6. The van der Waals surface area contributed by atoms with Crippen molar-refractivity contribution >= 4 is 11.8 Å². The Morgan fingerprint density at radius 2 is 1.90 bits per heavy atom. The van der Waals surface area contributed by atoms with Gasteiger partial charge in [-0.1, -0.05) is 18.2 Å². The molecule has 0 saturated carbocycles. The van der Waals surface area contributed by atoms with E-state index in [0.717, 1.165) is 5.56 Å². The van der Waals surface area contributed by atoms with Crippen LogP contribution in [0.25, 0.3) is 0 Å². The molecular formula is C28H24F3N3O5. The molecule has 3 atom stereocenters. The monoisotopic (exact) mass is 539 g/mol. The minimum Gasteiger partial charge on any atom is -0.503 e. The van der Waals surface area contributed by atoms with E-state index in [9.17, 15) is 32.7 Å². The Hall–Kier alpha value is -4.28. The molecule has 3 aliphatic heterocycles. The molecule has 39 heavy (non-hydrogen) atoms.